The number of hydrogen-bond donors (Lipinski definition) is 4. The molecule has 3 aliphatic rings. The van der Waals surface area contributed by atoms with Crippen LogP contribution in [0.4, 0.5) is 21.9 Å². The van der Waals surface area contributed by atoms with Gasteiger partial charge in [-0.15, -0.1) is 0 Å². The first kappa shape index (κ1) is 43.1. The summed E-state index contributed by atoms with van der Waals surface area (Å²) in [6.07, 6.45) is 3.74. The molecular formula is C45H59N7O7. The first-order valence-electron chi connectivity index (χ1n) is 20.7. The summed E-state index contributed by atoms with van der Waals surface area (Å²) in [5, 5.41) is 11.7. The Balaban J connectivity index is 1.13. The van der Waals surface area contributed by atoms with E-state index in [1.165, 1.54) is 12.7 Å². The summed E-state index contributed by atoms with van der Waals surface area (Å²) in [5.41, 5.74) is 5.84. The summed E-state index contributed by atoms with van der Waals surface area (Å²) in [4.78, 5) is 71.3. The van der Waals surface area contributed by atoms with Gasteiger partial charge in [-0.1, -0.05) is 55.8 Å². The Labute approximate surface area is 347 Å². The summed E-state index contributed by atoms with van der Waals surface area (Å²) in [5.74, 6) is -1.05. The van der Waals surface area contributed by atoms with Gasteiger partial charge in [-0.05, 0) is 106 Å². The first-order chi connectivity index (χ1) is 28.4. The van der Waals surface area contributed by atoms with Crippen LogP contribution in [0, 0.1) is 12.8 Å². The highest BCUT2D eigenvalue weighted by Crippen LogP contribution is 2.47. The number of aryl methyl sites for hydroxylation is 1. The van der Waals surface area contributed by atoms with E-state index in [9.17, 15) is 24.0 Å². The molecule has 6 unspecified atom stereocenters. The van der Waals surface area contributed by atoms with Gasteiger partial charge in [0.15, 0.2) is 0 Å². The molecule has 3 aromatic carbocycles. The molecule has 3 aromatic rings. The molecule has 5 amide bonds. The average molecular weight is 810 g/mol. The minimum Gasteiger partial charge on any atom is -0.453 e. The van der Waals surface area contributed by atoms with Crippen molar-refractivity contribution in [1.82, 2.24) is 20.4 Å². The van der Waals surface area contributed by atoms with Crippen molar-refractivity contribution in [2.75, 3.05) is 49.6 Å². The molecule has 14 nitrogen and oxygen atoms in total. The van der Waals surface area contributed by atoms with Crippen LogP contribution in [-0.2, 0) is 28.7 Å². The number of ether oxygens (including phenoxy) is 2. The molecule has 0 spiro atoms. The number of amides is 5. The lowest BCUT2D eigenvalue weighted by Gasteiger charge is -2.33. The quantitative estimate of drug-likeness (QED) is 0.145. The second kappa shape index (κ2) is 19.5. The van der Waals surface area contributed by atoms with Crippen LogP contribution in [0.15, 0.2) is 72.8 Å². The molecule has 4 N–H and O–H groups in total. The van der Waals surface area contributed by atoms with Crippen LogP contribution >= 0.6 is 0 Å². The van der Waals surface area contributed by atoms with Crippen molar-refractivity contribution in [3.8, 4) is 0 Å². The lowest BCUT2D eigenvalue weighted by Crippen LogP contribution is -2.54. The van der Waals surface area contributed by atoms with E-state index in [0.29, 0.717) is 43.7 Å². The van der Waals surface area contributed by atoms with E-state index in [0.717, 1.165) is 36.1 Å². The van der Waals surface area contributed by atoms with Gasteiger partial charge in [0.05, 0.1) is 32.0 Å². The molecule has 3 saturated heterocycles. The second-order valence-electron chi connectivity index (χ2n) is 16.2. The Morgan fingerprint density at radius 3 is 1.63 bits per heavy atom. The van der Waals surface area contributed by atoms with Crippen molar-refractivity contribution in [3.63, 3.8) is 0 Å². The van der Waals surface area contributed by atoms with Crippen LogP contribution in [0.5, 0.6) is 0 Å². The highest BCUT2D eigenvalue weighted by Gasteiger charge is 2.40. The number of alkyl carbamates (subject to hydrolysis) is 1. The topological polar surface area (TPSA) is 162 Å². The maximum absolute atomic E-state index is 13.6. The molecule has 3 aliphatic heterocycles. The zero-order valence-electron chi connectivity index (χ0n) is 35.0. The van der Waals surface area contributed by atoms with Gasteiger partial charge in [-0.25, -0.2) is 4.79 Å². The Morgan fingerprint density at radius 1 is 0.678 bits per heavy atom. The molecule has 6 atom stereocenters. The Kier molecular flexibility index (Phi) is 14.3. The maximum atomic E-state index is 13.6. The summed E-state index contributed by atoms with van der Waals surface area (Å²) in [6.45, 7) is 8.78. The monoisotopic (exact) mass is 809 g/mol. The molecular weight excluding hydrogens is 751 g/mol. The van der Waals surface area contributed by atoms with E-state index in [1.54, 1.807) is 23.8 Å². The summed E-state index contributed by atoms with van der Waals surface area (Å²) < 4.78 is 9.78. The molecule has 0 saturated carbocycles. The largest absolute Gasteiger partial charge is 0.453 e. The molecule has 6 rings (SSSR count). The van der Waals surface area contributed by atoms with Crippen LogP contribution < -0.4 is 26.2 Å². The molecule has 0 aliphatic carbocycles. The Morgan fingerprint density at radius 2 is 1.17 bits per heavy atom. The number of hydrogen-bond acceptors (Lipinski definition) is 9. The van der Waals surface area contributed by atoms with Gasteiger partial charge < -0.3 is 40.1 Å². The van der Waals surface area contributed by atoms with Gasteiger partial charge in [-0.3, -0.25) is 24.5 Å². The van der Waals surface area contributed by atoms with Crippen LogP contribution in [0.3, 0.4) is 0 Å². The third kappa shape index (κ3) is 10.0. The third-order valence-corrected chi connectivity index (χ3v) is 11.8. The number of nitrogens with zero attached hydrogens (tertiary/aromatic N) is 3. The van der Waals surface area contributed by atoms with Crippen molar-refractivity contribution < 1.29 is 33.4 Å². The minimum absolute atomic E-state index is 0.0664. The fourth-order valence-corrected chi connectivity index (χ4v) is 8.60. The highest BCUT2D eigenvalue weighted by atomic mass is 16.5. The molecule has 0 aromatic heterocycles. The number of carbonyl (C=O) groups excluding carboxylic acids is 5. The van der Waals surface area contributed by atoms with Crippen molar-refractivity contribution in [1.29, 1.82) is 0 Å². The van der Waals surface area contributed by atoms with Crippen LogP contribution in [0.25, 0.3) is 0 Å². The lowest BCUT2D eigenvalue weighted by atomic mass is 10.0. The number of benzene rings is 3. The number of nitrogens with one attached hydrogen (secondary N) is 4. The summed E-state index contributed by atoms with van der Waals surface area (Å²) >= 11 is 0. The molecule has 316 valence electrons. The van der Waals surface area contributed by atoms with Gasteiger partial charge in [0.2, 0.25) is 23.6 Å². The van der Waals surface area contributed by atoms with Gasteiger partial charge in [-0.2, -0.15) is 0 Å². The molecule has 3 heterocycles. The fraction of sp³-hybridized carbons (Fsp3) is 0.489. The lowest BCUT2D eigenvalue weighted by molar-refractivity contribution is -0.139. The van der Waals surface area contributed by atoms with E-state index in [1.807, 2.05) is 38.1 Å². The summed E-state index contributed by atoms with van der Waals surface area (Å²) in [6, 6.07) is 22.2. The number of anilines is 3. The zero-order chi connectivity index (χ0) is 42.2. The van der Waals surface area contributed by atoms with Crippen molar-refractivity contribution >= 4 is 46.8 Å². The molecule has 59 heavy (non-hydrogen) atoms. The average Bonchev–Trinajstić information content (AvgIpc) is 4.03. The van der Waals surface area contributed by atoms with Gasteiger partial charge in [0.25, 0.3) is 0 Å². The van der Waals surface area contributed by atoms with E-state index in [4.69, 9.17) is 9.47 Å². The fourth-order valence-electron chi connectivity index (χ4n) is 8.60. The number of methoxy groups -OCH3 is 2. The van der Waals surface area contributed by atoms with E-state index >= 15 is 0 Å². The summed E-state index contributed by atoms with van der Waals surface area (Å²) in [7, 11) is 2.82. The molecule has 0 radical (unpaired) electrons. The smallest absolute Gasteiger partial charge is 0.407 e. The van der Waals surface area contributed by atoms with Crippen molar-refractivity contribution in [3.05, 3.63) is 89.5 Å². The first-order valence-corrected chi connectivity index (χ1v) is 20.7. The van der Waals surface area contributed by atoms with Crippen LogP contribution in [0.2, 0.25) is 0 Å². The third-order valence-electron chi connectivity index (χ3n) is 11.8. The number of rotatable bonds is 14. The Bertz CT molecular complexity index is 1940. The zero-order valence-corrected chi connectivity index (χ0v) is 35.0. The molecule has 0 bridgehead atoms. The van der Waals surface area contributed by atoms with Crippen molar-refractivity contribution in [2.24, 2.45) is 5.92 Å². The van der Waals surface area contributed by atoms with Crippen molar-refractivity contribution in [2.45, 2.75) is 102 Å². The van der Waals surface area contributed by atoms with Gasteiger partial charge >= 0.3 is 6.09 Å². The normalized spacial score (nSPS) is 21.3. The minimum atomic E-state index is -0.800. The maximum Gasteiger partial charge on any atom is 0.407 e. The number of carbonyl (C=O) groups is 5. The highest BCUT2D eigenvalue weighted by molar-refractivity contribution is 5.99. The SMILES string of the molecule is COCNC(C)C(=O)N1CCCC1C(=O)Nc1ccc(C2CCC(c3ccc(NC(=O)C4CCCN4C(=O)C(NC(=O)OC)C(C)C)cc3)N2c2ccc(C)cc2)cc1. The molecule has 3 fully saturated rings. The van der Waals surface area contributed by atoms with Gasteiger partial charge in [0, 0.05) is 37.3 Å². The predicted octanol–water partition coefficient (Wildman–Crippen LogP) is 5.90. The van der Waals surface area contributed by atoms with Crippen LogP contribution in [0.1, 0.15) is 88.1 Å². The number of likely N-dealkylation sites (tertiary alicyclic amines) is 2. The van der Waals surface area contributed by atoms with E-state index < -0.39 is 30.3 Å². The Hall–Kier alpha value is -5.47. The van der Waals surface area contributed by atoms with E-state index in [-0.39, 0.29) is 48.4 Å². The van der Waals surface area contributed by atoms with Crippen LogP contribution in [-0.4, -0.2) is 97.7 Å². The predicted molar refractivity (Wildman–Crippen MR) is 227 cm³/mol. The molecule has 14 heteroatoms. The van der Waals surface area contributed by atoms with Gasteiger partial charge in [0.1, 0.15) is 18.1 Å². The van der Waals surface area contributed by atoms with E-state index in [2.05, 4.69) is 81.6 Å². The second-order valence-corrected chi connectivity index (χ2v) is 16.2. The standard InChI is InChI=1S/C45H59N7O7/c1-28(2)40(49-45(57)59-6)44(56)51-26-8-10-39(51)42(54)48-34-19-15-32(16-20-34)37-24-23-36(52(37)35-21-11-29(3)12-22-35)31-13-17-33(18-14-31)47-41(53)38-9-7-25-50(38)43(55)30(4)46-27-58-5/h11-22,28,30,36-40,46H,7-10,23-27H2,1-6H3,(H,47,53)(H,48,54)(H,49,57).